The maximum Gasteiger partial charge on any atom is 0.141 e. The molecule has 0 fully saturated rings. The standard InChI is InChI=1S/C16H19FN2O2/c1-11(13-7-14(17)9-18-8-13)19-10-16(20)12-3-5-15(21-2)6-4-12/h3-9,11,16,19-20H,10H2,1-2H3. The Hall–Kier alpha value is -1.98. The first-order valence-corrected chi connectivity index (χ1v) is 6.76. The predicted molar refractivity (Wildman–Crippen MR) is 78.6 cm³/mol. The Morgan fingerprint density at radius 1 is 1.24 bits per heavy atom. The Kier molecular flexibility index (Phi) is 5.25. The number of aliphatic hydroxyl groups excluding tert-OH is 1. The molecule has 0 aliphatic heterocycles. The molecule has 2 unspecified atom stereocenters. The SMILES string of the molecule is COc1ccc(C(O)CNC(C)c2cncc(F)c2)cc1. The van der Waals surface area contributed by atoms with E-state index in [9.17, 15) is 9.50 Å². The number of pyridine rings is 1. The van der Waals surface area contributed by atoms with E-state index in [2.05, 4.69) is 10.3 Å². The van der Waals surface area contributed by atoms with Crippen LogP contribution < -0.4 is 10.1 Å². The van der Waals surface area contributed by atoms with Crippen LogP contribution in [0.5, 0.6) is 5.75 Å². The maximum atomic E-state index is 13.1. The predicted octanol–water partition coefficient (Wildman–Crippen LogP) is 2.61. The lowest BCUT2D eigenvalue weighted by Crippen LogP contribution is -2.24. The van der Waals surface area contributed by atoms with E-state index in [1.165, 1.54) is 12.3 Å². The molecule has 1 heterocycles. The average molecular weight is 290 g/mol. The summed E-state index contributed by atoms with van der Waals surface area (Å²) in [6, 6.07) is 8.58. The van der Waals surface area contributed by atoms with Gasteiger partial charge in [-0.1, -0.05) is 12.1 Å². The Labute approximate surface area is 123 Å². The highest BCUT2D eigenvalue weighted by atomic mass is 19.1. The van der Waals surface area contributed by atoms with Gasteiger partial charge in [-0.25, -0.2) is 4.39 Å². The van der Waals surface area contributed by atoms with Gasteiger partial charge in [0.2, 0.25) is 0 Å². The lowest BCUT2D eigenvalue weighted by Gasteiger charge is -2.17. The molecule has 2 aromatic rings. The number of halogens is 1. The van der Waals surface area contributed by atoms with Crippen LogP contribution in [0.1, 0.15) is 30.2 Å². The van der Waals surface area contributed by atoms with Gasteiger partial charge >= 0.3 is 0 Å². The molecule has 4 nitrogen and oxygen atoms in total. The smallest absolute Gasteiger partial charge is 0.141 e. The summed E-state index contributed by atoms with van der Waals surface area (Å²) in [5, 5.41) is 13.3. The third kappa shape index (κ3) is 4.24. The highest BCUT2D eigenvalue weighted by Crippen LogP contribution is 2.18. The van der Waals surface area contributed by atoms with Crippen LogP contribution in [0.3, 0.4) is 0 Å². The second-order valence-corrected chi connectivity index (χ2v) is 4.86. The number of benzene rings is 1. The lowest BCUT2D eigenvalue weighted by atomic mass is 10.1. The average Bonchev–Trinajstić information content (AvgIpc) is 2.52. The number of nitrogens with zero attached hydrogens (tertiary/aromatic N) is 1. The van der Waals surface area contributed by atoms with Gasteiger partial charge in [0.15, 0.2) is 0 Å². The Morgan fingerprint density at radius 3 is 2.57 bits per heavy atom. The summed E-state index contributed by atoms with van der Waals surface area (Å²) in [7, 11) is 1.60. The molecule has 2 rings (SSSR count). The fourth-order valence-electron chi connectivity index (χ4n) is 2.02. The van der Waals surface area contributed by atoms with Crippen LogP contribution in [0.25, 0.3) is 0 Å². The topological polar surface area (TPSA) is 54.4 Å². The molecule has 0 spiro atoms. The maximum absolute atomic E-state index is 13.1. The summed E-state index contributed by atoms with van der Waals surface area (Å²) in [4.78, 5) is 3.82. The molecule has 112 valence electrons. The van der Waals surface area contributed by atoms with Crippen molar-refractivity contribution >= 4 is 0 Å². The van der Waals surface area contributed by atoms with E-state index in [0.29, 0.717) is 6.54 Å². The van der Waals surface area contributed by atoms with E-state index >= 15 is 0 Å². The molecule has 0 bridgehead atoms. The second kappa shape index (κ2) is 7.15. The molecule has 0 aliphatic carbocycles. The fourth-order valence-corrected chi connectivity index (χ4v) is 2.02. The highest BCUT2D eigenvalue weighted by molar-refractivity contribution is 5.28. The fraction of sp³-hybridized carbons (Fsp3) is 0.312. The van der Waals surface area contributed by atoms with Gasteiger partial charge in [-0.15, -0.1) is 0 Å². The first kappa shape index (κ1) is 15.4. The minimum Gasteiger partial charge on any atom is -0.497 e. The van der Waals surface area contributed by atoms with Gasteiger partial charge < -0.3 is 15.2 Å². The third-order valence-corrected chi connectivity index (χ3v) is 3.34. The number of rotatable bonds is 6. The van der Waals surface area contributed by atoms with Crippen LogP contribution in [0, 0.1) is 5.82 Å². The number of aromatic nitrogens is 1. The van der Waals surface area contributed by atoms with Crippen molar-refractivity contribution in [3.05, 3.63) is 59.7 Å². The molecule has 1 aromatic heterocycles. The molecule has 21 heavy (non-hydrogen) atoms. The first-order chi connectivity index (χ1) is 10.1. The largest absolute Gasteiger partial charge is 0.497 e. The van der Waals surface area contributed by atoms with Crippen molar-refractivity contribution in [3.63, 3.8) is 0 Å². The Morgan fingerprint density at radius 2 is 1.95 bits per heavy atom. The van der Waals surface area contributed by atoms with Crippen LogP contribution in [0.15, 0.2) is 42.7 Å². The lowest BCUT2D eigenvalue weighted by molar-refractivity contribution is 0.170. The molecule has 2 N–H and O–H groups in total. The quantitative estimate of drug-likeness (QED) is 0.858. The van der Waals surface area contributed by atoms with Crippen LogP contribution >= 0.6 is 0 Å². The summed E-state index contributed by atoms with van der Waals surface area (Å²) < 4.78 is 18.2. The summed E-state index contributed by atoms with van der Waals surface area (Å²) in [6.45, 7) is 2.27. The van der Waals surface area contributed by atoms with Crippen molar-refractivity contribution in [2.75, 3.05) is 13.7 Å². The van der Waals surface area contributed by atoms with Gasteiger partial charge in [0.05, 0.1) is 19.4 Å². The van der Waals surface area contributed by atoms with Gasteiger partial charge in [-0.05, 0) is 36.2 Å². The van der Waals surface area contributed by atoms with E-state index in [1.54, 1.807) is 25.4 Å². The summed E-state index contributed by atoms with van der Waals surface area (Å²) in [5.41, 5.74) is 1.55. The summed E-state index contributed by atoms with van der Waals surface area (Å²) >= 11 is 0. The number of aliphatic hydroxyl groups is 1. The molecule has 0 saturated heterocycles. The molecule has 1 aromatic carbocycles. The Bertz CT molecular complexity index is 575. The van der Waals surface area contributed by atoms with Crippen LogP contribution in [0.4, 0.5) is 4.39 Å². The minimum atomic E-state index is -0.639. The molecule has 0 amide bonds. The van der Waals surface area contributed by atoms with Crippen LogP contribution in [-0.4, -0.2) is 23.7 Å². The van der Waals surface area contributed by atoms with Crippen molar-refractivity contribution in [1.82, 2.24) is 10.3 Å². The first-order valence-electron chi connectivity index (χ1n) is 6.76. The molecule has 0 saturated carbocycles. The number of methoxy groups -OCH3 is 1. The summed E-state index contributed by atoms with van der Waals surface area (Å²) in [6.07, 6.45) is 2.14. The highest BCUT2D eigenvalue weighted by Gasteiger charge is 2.11. The monoisotopic (exact) mass is 290 g/mol. The number of hydrogen-bond donors (Lipinski definition) is 2. The van der Waals surface area contributed by atoms with E-state index in [4.69, 9.17) is 4.74 Å². The van der Waals surface area contributed by atoms with Crippen molar-refractivity contribution < 1.29 is 14.2 Å². The number of nitrogens with one attached hydrogen (secondary N) is 1. The third-order valence-electron chi connectivity index (χ3n) is 3.34. The number of hydrogen-bond acceptors (Lipinski definition) is 4. The van der Waals surface area contributed by atoms with E-state index < -0.39 is 6.10 Å². The zero-order chi connectivity index (χ0) is 15.2. The molecular weight excluding hydrogens is 271 g/mol. The van der Waals surface area contributed by atoms with Crippen molar-refractivity contribution in [1.29, 1.82) is 0 Å². The van der Waals surface area contributed by atoms with E-state index in [1.807, 2.05) is 19.1 Å². The van der Waals surface area contributed by atoms with Gasteiger partial charge in [0.25, 0.3) is 0 Å². The molecule has 0 radical (unpaired) electrons. The van der Waals surface area contributed by atoms with Crippen LogP contribution in [-0.2, 0) is 0 Å². The van der Waals surface area contributed by atoms with Gasteiger partial charge in [-0.2, -0.15) is 0 Å². The summed E-state index contributed by atoms with van der Waals surface area (Å²) in [5.74, 6) is 0.384. The molecule has 5 heteroatoms. The Balaban J connectivity index is 1.92. The number of ether oxygens (including phenoxy) is 1. The van der Waals surface area contributed by atoms with Crippen molar-refractivity contribution in [2.45, 2.75) is 19.1 Å². The van der Waals surface area contributed by atoms with E-state index in [0.717, 1.165) is 16.9 Å². The molecule has 0 aliphatic rings. The molecular formula is C16H19FN2O2. The van der Waals surface area contributed by atoms with E-state index in [-0.39, 0.29) is 11.9 Å². The van der Waals surface area contributed by atoms with Crippen molar-refractivity contribution in [2.24, 2.45) is 0 Å². The van der Waals surface area contributed by atoms with Crippen molar-refractivity contribution in [3.8, 4) is 5.75 Å². The normalized spacial score (nSPS) is 13.7. The zero-order valence-electron chi connectivity index (χ0n) is 12.1. The molecule has 2 atom stereocenters. The second-order valence-electron chi connectivity index (χ2n) is 4.86. The zero-order valence-corrected chi connectivity index (χ0v) is 12.1. The van der Waals surface area contributed by atoms with Crippen LogP contribution in [0.2, 0.25) is 0 Å². The van der Waals surface area contributed by atoms with Gasteiger partial charge in [0, 0.05) is 18.8 Å². The van der Waals surface area contributed by atoms with Gasteiger partial charge in [0.1, 0.15) is 11.6 Å². The van der Waals surface area contributed by atoms with Gasteiger partial charge in [-0.3, -0.25) is 4.98 Å². The minimum absolute atomic E-state index is 0.0962.